The Labute approximate surface area is 139 Å². The summed E-state index contributed by atoms with van der Waals surface area (Å²) in [4.78, 5) is 2.16. The summed E-state index contributed by atoms with van der Waals surface area (Å²) < 4.78 is 63.7. The van der Waals surface area contributed by atoms with Gasteiger partial charge in [0.1, 0.15) is 0 Å². The molecule has 0 aromatic heterocycles. The Kier molecular flexibility index (Phi) is 4.72. The number of alkyl halides is 3. The minimum atomic E-state index is -5.53. The summed E-state index contributed by atoms with van der Waals surface area (Å²) in [5.74, 6) is -0.0597. The van der Waals surface area contributed by atoms with E-state index in [4.69, 9.17) is 0 Å². The molecular weight excluding hydrogens is 343 g/mol. The van der Waals surface area contributed by atoms with Crippen molar-refractivity contribution in [1.29, 1.82) is 0 Å². The van der Waals surface area contributed by atoms with Gasteiger partial charge in [0.2, 0.25) is 0 Å². The Balaban J connectivity index is 1.67. The van der Waals surface area contributed by atoms with E-state index in [-0.39, 0.29) is 17.9 Å². The Morgan fingerprint density at radius 2 is 1.88 bits per heavy atom. The van der Waals surface area contributed by atoms with E-state index in [1.807, 2.05) is 36.4 Å². The lowest BCUT2D eigenvalue weighted by molar-refractivity contribution is -0.0568. The number of fused-ring (bicyclic) bond motifs is 2. The van der Waals surface area contributed by atoms with Crippen molar-refractivity contribution < 1.29 is 25.8 Å². The molecule has 0 saturated carbocycles. The summed E-state index contributed by atoms with van der Waals surface area (Å²) in [6, 6.07) is 9.66. The van der Waals surface area contributed by atoms with Crippen LogP contribution in [0.5, 0.6) is 0 Å². The number of hydrogen-bond donors (Lipinski definition) is 0. The van der Waals surface area contributed by atoms with Crippen LogP contribution in [0.3, 0.4) is 0 Å². The zero-order valence-electron chi connectivity index (χ0n) is 12.8. The SMILES string of the molecule is O=S(=O)(OCC1CC2C=CC1N(Cc1ccccc1)C2)C(F)(F)F. The van der Waals surface area contributed by atoms with E-state index in [0.29, 0.717) is 13.0 Å². The molecule has 2 bridgehead atoms. The molecule has 4 rings (SSSR count). The van der Waals surface area contributed by atoms with Crippen molar-refractivity contribution in [1.82, 2.24) is 4.90 Å². The maximum absolute atomic E-state index is 12.4. The Morgan fingerprint density at radius 3 is 2.50 bits per heavy atom. The van der Waals surface area contributed by atoms with E-state index in [1.54, 1.807) is 0 Å². The molecule has 132 valence electrons. The van der Waals surface area contributed by atoms with Gasteiger partial charge in [0.15, 0.2) is 0 Å². The lowest BCUT2D eigenvalue weighted by atomic mass is 9.78. The monoisotopic (exact) mass is 361 g/mol. The fraction of sp³-hybridized carbons (Fsp3) is 0.500. The average molecular weight is 361 g/mol. The molecule has 3 atom stereocenters. The largest absolute Gasteiger partial charge is 0.523 e. The Hall–Kier alpha value is -1.38. The summed E-state index contributed by atoms with van der Waals surface area (Å²) in [7, 11) is -5.53. The second-order valence-electron chi connectivity index (χ2n) is 6.23. The van der Waals surface area contributed by atoms with Gasteiger partial charge < -0.3 is 0 Å². The van der Waals surface area contributed by atoms with E-state index >= 15 is 0 Å². The van der Waals surface area contributed by atoms with Crippen molar-refractivity contribution >= 4 is 10.1 Å². The van der Waals surface area contributed by atoms with Gasteiger partial charge in [-0.15, -0.1) is 0 Å². The van der Waals surface area contributed by atoms with Crippen LogP contribution in [-0.4, -0.2) is 38.0 Å². The van der Waals surface area contributed by atoms with Crippen LogP contribution >= 0.6 is 0 Å². The van der Waals surface area contributed by atoms with Crippen molar-refractivity contribution in [2.24, 2.45) is 11.8 Å². The topological polar surface area (TPSA) is 46.6 Å². The Bertz CT molecular complexity index is 703. The van der Waals surface area contributed by atoms with Crippen LogP contribution in [0, 0.1) is 11.8 Å². The average Bonchev–Trinajstić information content (AvgIpc) is 2.53. The fourth-order valence-corrected chi connectivity index (χ4v) is 3.90. The number of benzene rings is 1. The molecule has 3 unspecified atom stereocenters. The molecule has 2 heterocycles. The predicted molar refractivity (Wildman–Crippen MR) is 82.3 cm³/mol. The summed E-state index contributed by atoms with van der Waals surface area (Å²) in [5.41, 5.74) is -4.26. The van der Waals surface area contributed by atoms with Crippen LogP contribution in [0.2, 0.25) is 0 Å². The molecule has 3 aliphatic rings. The highest BCUT2D eigenvalue weighted by molar-refractivity contribution is 7.87. The molecule has 1 aromatic rings. The molecule has 0 N–H and O–H groups in total. The normalized spacial score (nSPS) is 27.5. The summed E-state index contributed by atoms with van der Waals surface area (Å²) in [6.07, 6.45) is 4.65. The van der Waals surface area contributed by atoms with E-state index in [2.05, 4.69) is 15.2 Å². The molecule has 4 nitrogen and oxygen atoms in total. The van der Waals surface area contributed by atoms with E-state index < -0.39 is 22.2 Å². The molecular formula is C16H18F3NO3S. The van der Waals surface area contributed by atoms with Crippen molar-refractivity contribution in [3.8, 4) is 0 Å². The lowest BCUT2D eigenvalue weighted by Gasteiger charge is -2.46. The second kappa shape index (κ2) is 6.50. The number of hydrogen-bond acceptors (Lipinski definition) is 4. The molecule has 1 aromatic carbocycles. The first-order valence-corrected chi connectivity index (χ1v) is 9.09. The third-order valence-electron chi connectivity index (χ3n) is 4.51. The molecule has 1 aliphatic carbocycles. The second-order valence-corrected chi connectivity index (χ2v) is 7.84. The van der Waals surface area contributed by atoms with Crippen molar-refractivity contribution in [3.63, 3.8) is 0 Å². The van der Waals surface area contributed by atoms with Crippen molar-refractivity contribution in [2.75, 3.05) is 13.2 Å². The third-order valence-corrected chi connectivity index (χ3v) is 5.52. The predicted octanol–water partition coefficient (Wildman–Crippen LogP) is 2.93. The van der Waals surface area contributed by atoms with Crippen LogP contribution < -0.4 is 0 Å². The summed E-state index contributed by atoms with van der Waals surface area (Å²) in [5, 5.41) is 0. The van der Waals surface area contributed by atoms with Crippen LogP contribution in [0.15, 0.2) is 42.5 Å². The number of piperidine rings is 1. The summed E-state index contributed by atoms with van der Waals surface area (Å²) >= 11 is 0. The highest BCUT2D eigenvalue weighted by Gasteiger charge is 2.48. The van der Waals surface area contributed by atoms with Gasteiger partial charge in [-0.1, -0.05) is 42.5 Å². The molecule has 1 saturated heterocycles. The van der Waals surface area contributed by atoms with Crippen molar-refractivity contribution in [3.05, 3.63) is 48.0 Å². The van der Waals surface area contributed by atoms with Crippen LogP contribution in [0.4, 0.5) is 13.2 Å². The molecule has 0 amide bonds. The van der Waals surface area contributed by atoms with Crippen LogP contribution in [0.1, 0.15) is 12.0 Å². The van der Waals surface area contributed by atoms with E-state index in [1.165, 1.54) is 0 Å². The lowest BCUT2D eigenvalue weighted by Crippen LogP contribution is -2.51. The summed E-state index contributed by atoms with van der Waals surface area (Å²) in [6.45, 7) is 1.05. The minimum Gasteiger partial charge on any atom is -0.292 e. The first-order chi connectivity index (χ1) is 11.3. The fourth-order valence-electron chi connectivity index (χ4n) is 3.41. The highest BCUT2D eigenvalue weighted by atomic mass is 32.2. The zero-order chi connectivity index (χ0) is 17.4. The first kappa shape index (κ1) is 17.4. The standard InChI is InChI=1S/C16H18F3NO3S/c17-16(18,19)24(21,22)23-11-14-8-13-6-7-15(14)20(10-13)9-12-4-2-1-3-5-12/h1-7,13-15H,8-11H2. The maximum atomic E-state index is 12.4. The first-order valence-electron chi connectivity index (χ1n) is 7.68. The van der Waals surface area contributed by atoms with Crippen LogP contribution in [-0.2, 0) is 20.8 Å². The molecule has 2 aliphatic heterocycles. The van der Waals surface area contributed by atoms with Gasteiger partial charge in [-0.3, -0.25) is 9.08 Å². The van der Waals surface area contributed by atoms with Gasteiger partial charge in [-0.2, -0.15) is 21.6 Å². The van der Waals surface area contributed by atoms with Crippen molar-refractivity contribution in [2.45, 2.75) is 24.5 Å². The van der Waals surface area contributed by atoms with Gasteiger partial charge in [0.05, 0.1) is 6.61 Å². The molecule has 24 heavy (non-hydrogen) atoms. The molecule has 8 heteroatoms. The quantitative estimate of drug-likeness (QED) is 0.460. The van der Waals surface area contributed by atoms with E-state index in [9.17, 15) is 21.6 Å². The van der Waals surface area contributed by atoms with Crippen LogP contribution in [0.25, 0.3) is 0 Å². The molecule has 1 fully saturated rings. The van der Waals surface area contributed by atoms with Gasteiger partial charge in [-0.25, -0.2) is 0 Å². The van der Waals surface area contributed by atoms with Gasteiger partial charge in [0, 0.05) is 25.0 Å². The molecule has 0 radical (unpaired) electrons. The highest BCUT2D eigenvalue weighted by Crippen LogP contribution is 2.36. The van der Waals surface area contributed by atoms with Gasteiger partial charge >= 0.3 is 15.6 Å². The molecule has 0 spiro atoms. The number of nitrogens with zero attached hydrogens (tertiary/aromatic N) is 1. The Morgan fingerprint density at radius 1 is 1.17 bits per heavy atom. The van der Waals surface area contributed by atoms with Gasteiger partial charge in [0.25, 0.3) is 0 Å². The van der Waals surface area contributed by atoms with Gasteiger partial charge in [-0.05, 0) is 17.9 Å². The number of rotatable bonds is 5. The third kappa shape index (κ3) is 3.65. The van der Waals surface area contributed by atoms with E-state index in [0.717, 1.165) is 12.1 Å². The smallest absolute Gasteiger partial charge is 0.292 e. The number of halogens is 3. The minimum absolute atomic E-state index is 0.112. The maximum Gasteiger partial charge on any atom is 0.523 e. The zero-order valence-corrected chi connectivity index (χ0v) is 13.6.